The van der Waals surface area contributed by atoms with E-state index in [2.05, 4.69) is 4.98 Å². The van der Waals surface area contributed by atoms with Crippen LogP contribution < -0.4 is 0 Å². The molecule has 0 radical (unpaired) electrons. The van der Waals surface area contributed by atoms with Gasteiger partial charge in [-0.05, 0) is 79.2 Å². The molecule has 1 aromatic carbocycles. The maximum atomic E-state index is 13.7. The van der Waals surface area contributed by atoms with Gasteiger partial charge < -0.3 is 5.11 Å². The number of carboxylic acid groups (broad SMARTS) is 1. The van der Waals surface area contributed by atoms with Crippen LogP contribution in [0.1, 0.15) is 44.1 Å². The number of carboxylic acids is 1. The quantitative estimate of drug-likeness (QED) is 0.895. The van der Waals surface area contributed by atoms with Gasteiger partial charge in [0, 0.05) is 11.6 Å². The average molecular weight is 327 g/mol. The molecule has 2 saturated carbocycles. The Balaban J connectivity index is 1.56. The lowest BCUT2D eigenvalue weighted by Crippen LogP contribution is -2.19. The van der Waals surface area contributed by atoms with Gasteiger partial charge in [-0.25, -0.2) is 4.39 Å². The highest BCUT2D eigenvalue weighted by Crippen LogP contribution is 2.54. The minimum absolute atomic E-state index is 0.217. The van der Waals surface area contributed by atoms with Gasteiger partial charge in [0.05, 0.1) is 11.4 Å². The number of nitrogens with zero attached hydrogens (tertiary/aromatic N) is 1. The minimum atomic E-state index is -0.674. The van der Waals surface area contributed by atoms with Crippen LogP contribution in [0.3, 0.4) is 0 Å². The number of aliphatic carboxylic acids is 1. The second-order valence-electron chi connectivity index (χ2n) is 7.61. The zero-order valence-electron chi connectivity index (χ0n) is 13.8. The van der Waals surface area contributed by atoms with Crippen molar-refractivity contribution in [2.24, 2.45) is 23.7 Å². The Morgan fingerprint density at radius 3 is 2.58 bits per heavy atom. The Bertz CT molecular complexity index is 776. The van der Waals surface area contributed by atoms with Crippen LogP contribution in [0.4, 0.5) is 4.39 Å². The average Bonchev–Trinajstić information content (AvgIpc) is 3.12. The highest BCUT2D eigenvalue weighted by molar-refractivity contribution is 5.82. The fraction of sp³-hybridized carbons (Fsp3) is 0.500. The summed E-state index contributed by atoms with van der Waals surface area (Å²) in [5.41, 5.74) is 2.06. The van der Waals surface area contributed by atoms with Crippen molar-refractivity contribution in [1.82, 2.24) is 4.98 Å². The zero-order valence-corrected chi connectivity index (χ0v) is 13.8. The molecule has 0 saturated heterocycles. The van der Waals surface area contributed by atoms with Crippen LogP contribution in [0.15, 0.2) is 30.5 Å². The number of halogens is 1. The van der Waals surface area contributed by atoms with Crippen LogP contribution in [0.25, 0.3) is 10.9 Å². The second kappa shape index (κ2) is 5.83. The van der Waals surface area contributed by atoms with Gasteiger partial charge in [0.15, 0.2) is 0 Å². The van der Waals surface area contributed by atoms with Crippen molar-refractivity contribution in [2.45, 2.75) is 38.5 Å². The summed E-state index contributed by atoms with van der Waals surface area (Å²) in [4.78, 5) is 15.6. The van der Waals surface area contributed by atoms with Gasteiger partial charge in [0.1, 0.15) is 5.82 Å². The molecule has 2 fully saturated rings. The van der Waals surface area contributed by atoms with Gasteiger partial charge in [-0.2, -0.15) is 0 Å². The normalized spacial score (nSPS) is 30.4. The number of aromatic nitrogens is 1. The monoisotopic (exact) mass is 327 g/mol. The molecule has 24 heavy (non-hydrogen) atoms. The largest absolute Gasteiger partial charge is 0.481 e. The van der Waals surface area contributed by atoms with Crippen molar-refractivity contribution in [1.29, 1.82) is 0 Å². The van der Waals surface area contributed by atoms with E-state index in [1.165, 1.54) is 11.6 Å². The summed E-state index contributed by atoms with van der Waals surface area (Å²) in [6.45, 7) is 1.84. The second-order valence-corrected chi connectivity index (χ2v) is 7.61. The van der Waals surface area contributed by atoms with Crippen molar-refractivity contribution >= 4 is 16.9 Å². The highest BCUT2D eigenvalue weighted by atomic mass is 19.1. The van der Waals surface area contributed by atoms with Crippen molar-refractivity contribution in [3.63, 3.8) is 0 Å². The number of carbonyl (C=O) groups is 1. The molecule has 4 heteroatoms. The number of hydrogen-bond donors (Lipinski definition) is 1. The smallest absolute Gasteiger partial charge is 0.306 e. The summed E-state index contributed by atoms with van der Waals surface area (Å²) in [6, 6.07) is 6.83. The molecule has 126 valence electrons. The van der Waals surface area contributed by atoms with Crippen LogP contribution in [-0.2, 0) is 4.79 Å². The minimum Gasteiger partial charge on any atom is -0.481 e. The van der Waals surface area contributed by atoms with E-state index in [1.54, 1.807) is 12.1 Å². The predicted molar refractivity (Wildman–Crippen MR) is 90.2 cm³/mol. The number of rotatable bonds is 3. The molecule has 1 heterocycles. The first-order valence-corrected chi connectivity index (χ1v) is 8.80. The summed E-state index contributed by atoms with van der Waals surface area (Å²) in [7, 11) is 0. The Hall–Kier alpha value is -1.97. The number of benzene rings is 1. The van der Waals surface area contributed by atoms with Gasteiger partial charge in [-0.3, -0.25) is 9.78 Å². The lowest BCUT2D eigenvalue weighted by atomic mass is 9.86. The van der Waals surface area contributed by atoms with Gasteiger partial charge in [0.2, 0.25) is 0 Å². The van der Waals surface area contributed by atoms with Crippen molar-refractivity contribution < 1.29 is 14.3 Å². The lowest BCUT2D eigenvalue weighted by molar-refractivity contribution is -0.142. The Morgan fingerprint density at radius 1 is 1.21 bits per heavy atom. The summed E-state index contributed by atoms with van der Waals surface area (Å²) < 4.78 is 13.7. The molecule has 2 aromatic rings. The molecule has 3 nitrogen and oxygen atoms in total. The van der Waals surface area contributed by atoms with Gasteiger partial charge in [-0.1, -0.05) is 6.92 Å². The molecule has 0 aliphatic heterocycles. The molecule has 4 rings (SSSR count). The van der Waals surface area contributed by atoms with E-state index in [9.17, 15) is 14.3 Å². The number of fused-ring (bicyclic) bond motifs is 2. The molecule has 2 unspecified atom stereocenters. The predicted octanol–water partition coefficient (Wildman–Crippen LogP) is 4.61. The van der Waals surface area contributed by atoms with Crippen LogP contribution in [0.5, 0.6) is 0 Å². The molecule has 2 aliphatic carbocycles. The van der Waals surface area contributed by atoms with Crippen molar-refractivity contribution in [3.05, 3.63) is 41.8 Å². The van der Waals surface area contributed by atoms with E-state index < -0.39 is 5.97 Å². The fourth-order valence-electron chi connectivity index (χ4n) is 5.02. The maximum Gasteiger partial charge on any atom is 0.306 e. The molecule has 0 amide bonds. The first-order valence-electron chi connectivity index (χ1n) is 8.80. The Morgan fingerprint density at radius 2 is 1.92 bits per heavy atom. The molecular formula is C20H22FNO2. The fourth-order valence-corrected chi connectivity index (χ4v) is 5.02. The van der Waals surface area contributed by atoms with Crippen molar-refractivity contribution in [2.75, 3.05) is 0 Å². The van der Waals surface area contributed by atoms with Gasteiger partial charge >= 0.3 is 5.97 Å². The molecule has 1 N–H and O–H groups in total. The van der Waals surface area contributed by atoms with E-state index in [-0.39, 0.29) is 11.7 Å². The summed E-state index contributed by atoms with van der Waals surface area (Å²) in [5, 5.41) is 10.2. The Kier molecular flexibility index (Phi) is 3.78. The summed E-state index contributed by atoms with van der Waals surface area (Å²) in [6.07, 6.45) is 6.03. The molecule has 0 spiro atoms. The van der Waals surface area contributed by atoms with E-state index in [4.69, 9.17) is 0 Å². The standard InChI is InChI=1S/C20H22FNO2/c1-11(20(23)24)12-6-13-8-15(9-14(13)7-12)17-4-5-22-19-3-2-16(21)10-18(17)19/h2-5,10-15H,6-9H2,1H3,(H,23,24)/t11?,12?,13-,14+,15+. The zero-order chi connectivity index (χ0) is 16.8. The van der Waals surface area contributed by atoms with E-state index >= 15 is 0 Å². The van der Waals surface area contributed by atoms with E-state index in [0.717, 1.165) is 36.6 Å². The summed E-state index contributed by atoms with van der Waals surface area (Å²) in [5.74, 6) is 0.831. The summed E-state index contributed by atoms with van der Waals surface area (Å²) >= 11 is 0. The molecule has 5 atom stereocenters. The van der Waals surface area contributed by atoms with Crippen LogP contribution in [-0.4, -0.2) is 16.1 Å². The van der Waals surface area contributed by atoms with Gasteiger partial charge in [0.25, 0.3) is 0 Å². The molecule has 2 aliphatic rings. The third kappa shape index (κ3) is 2.58. The van der Waals surface area contributed by atoms with E-state index in [1.807, 2.05) is 19.2 Å². The third-order valence-electron chi connectivity index (χ3n) is 6.33. The van der Waals surface area contributed by atoms with E-state index in [0.29, 0.717) is 23.7 Å². The van der Waals surface area contributed by atoms with Gasteiger partial charge in [-0.15, -0.1) is 0 Å². The highest BCUT2D eigenvalue weighted by Gasteiger charge is 2.44. The number of hydrogen-bond acceptors (Lipinski definition) is 2. The SMILES string of the molecule is CC(C(=O)O)C1C[C@@H]2C[C@H](c3ccnc4ccc(F)cc34)C[C@@H]2C1. The maximum absolute atomic E-state index is 13.7. The third-order valence-corrected chi connectivity index (χ3v) is 6.33. The van der Waals surface area contributed by atoms with Crippen LogP contribution in [0, 0.1) is 29.5 Å². The molecular weight excluding hydrogens is 305 g/mol. The van der Waals surface area contributed by atoms with Crippen molar-refractivity contribution in [3.8, 4) is 0 Å². The topological polar surface area (TPSA) is 50.2 Å². The Labute approximate surface area is 140 Å². The van der Waals surface area contributed by atoms with Crippen LogP contribution in [0.2, 0.25) is 0 Å². The number of pyridine rings is 1. The first-order chi connectivity index (χ1) is 11.5. The molecule has 0 bridgehead atoms. The van der Waals surface area contributed by atoms with Crippen LogP contribution >= 0.6 is 0 Å². The first kappa shape index (κ1) is 15.6. The lowest BCUT2D eigenvalue weighted by Gasteiger charge is -2.19. The molecule has 1 aromatic heterocycles.